The molecule has 1 aliphatic carbocycles. The molecule has 21 heavy (non-hydrogen) atoms. The van der Waals surface area contributed by atoms with Crippen LogP contribution in [0, 0.1) is 11.8 Å². The minimum absolute atomic E-state index is 0.218. The van der Waals surface area contributed by atoms with Crippen molar-refractivity contribution in [1.82, 2.24) is 0 Å². The first-order valence-electron chi connectivity index (χ1n) is 8.58. The molecule has 0 N–H and O–H groups in total. The van der Waals surface area contributed by atoms with Gasteiger partial charge in [-0.2, -0.15) is 0 Å². The first-order chi connectivity index (χ1) is 10.3. The van der Waals surface area contributed by atoms with Gasteiger partial charge in [-0.05, 0) is 56.1 Å². The van der Waals surface area contributed by atoms with Gasteiger partial charge in [-0.25, -0.2) is 0 Å². The van der Waals surface area contributed by atoms with E-state index in [4.69, 9.17) is 4.74 Å². The van der Waals surface area contributed by atoms with Gasteiger partial charge in [0.25, 0.3) is 0 Å². The van der Waals surface area contributed by atoms with Crippen molar-refractivity contribution in [1.29, 1.82) is 0 Å². The highest BCUT2D eigenvalue weighted by molar-refractivity contribution is 6.00. The van der Waals surface area contributed by atoms with Gasteiger partial charge in [0.1, 0.15) is 5.75 Å². The van der Waals surface area contributed by atoms with Crippen molar-refractivity contribution < 1.29 is 9.53 Å². The summed E-state index contributed by atoms with van der Waals surface area (Å²) in [5.74, 6) is 2.27. The van der Waals surface area contributed by atoms with Crippen LogP contribution in [-0.2, 0) is 6.42 Å². The zero-order chi connectivity index (χ0) is 14.7. The molecule has 2 nitrogen and oxygen atoms in total. The Morgan fingerprint density at radius 3 is 2.81 bits per heavy atom. The van der Waals surface area contributed by atoms with Crippen LogP contribution < -0.4 is 4.74 Å². The van der Waals surface area contributed by atoms with Gasteiger partial charge in [0, 0.05) is 5.92 Å². The number of carbonyl (C=O) groups excluding carboxylic acids is 1. The fraction of sp³-hybridized carbons (Fsp3) is 0.632. The normalized spacial score (nSPS) is 25.0. The minimum atomic E-state index is 0.218. The second-order valence-electron chi connectivity index (χ2n) is 6.62. The highest BCUT2D eigenvalue weighted by Gasteiger charge is 2.29. The Bertz CT molecular complexity index is 498. The molecule has 0 atom stereocenters. The van der Waals surface area contributed by atoms with Crippen LogP contribution in [0.2, 0.25) is 0 Å². The number of hydrogen-bond acceptors (Lipinski definition) is 2. The summed E-state index contributed by atoms with van der Waals surface area (Å²) in [5.41, 5.74) is 2.05. The molecule has 2 heteroatoms. The third-order valence-electron chi connectivity index (χ3n) is 5.11. The highest BCUT2D eigenvalue weighted by atomic mass is 16.5. The number of hydrogen-bond donors (Lipinski definition) is 0. The molecule has 1 heterocycles. The van der Waals surface area contributed by atoms with Crippen molar-refractivity contribution in [3.63, 3.8) is 0 Å². The van der Waals surface area contributed by atoms with Gasteiger partial charge in [0.15, 0.2) is 5.78 Å². The summed E-state index contributed by atoms with van der Waals surface area (Å²) in [4.78, 5) is 12.9. The molecule has 1 fully saturated rings. The molecule has 2 aliphatic rings. The SMILES string of the molecule is CCCC1CCC(C(=O)c2cccc3c2OCCC3)CC1. The molecular weight excluding hydrogens is 260 g/mol. The lowest BCUT2D eigenvalue weighted by Gasteiger charge is -2.28. The van der Waals surface area contributed by atoms with Crippen molar-refractivity contribution in [2.24, 2.45) is 11.8 Å². The van der Waals surface area contributed by atoms with Crippen LogP contribution in [0.4, 0.5) is 0 Å². The molecule has 1 aromatic carbocycles. The second-order valence-corrected chi connectivity index (χ2v) is 6.62. The number of para-hydroxylation sites is 1. The standard InChI is InChI=1S/C19H26O2/c1-2-5-14-9-11-15(12-10-14)18(20)17-8-3-6-16-7-4-13-21-19(16)17/h3,6,8,14-15H,2,4-5,7,9-13H2,1H3. The molecule has 0 amide bonds. The molecule has 0 aromatic heterocycles. The molecular formula is C19H26O2. The maximum atomic E-state index is 12.9. The number of benzene rings is 1. The largest absolute Gasteiger partial charge is 0.493 e. The van der Waals surface area contributed by atoms with E-state index in [9.17, 15) is 4.79 Å². The number of fused-ring (bicyclic) bond motifs is 1. The van der Waals surface area contributed by atoms with E-state index in [0.29, 0.717) is 5.78 Å². The van der Waals surface area contributed by atoms with Crippen molar-refractivity contribution >= 4 is 5.78 Å². The van der Waals surface area contributed by atoms with Crippen molar-refractivity contribution in [3.05, 3.63) is 29.3 Å². The lowest BCUT2D eigenvalue weighted by molar-refractivity contribution is 0.0864. The Hall–Kier alpha value is -1.31. The van der Waals surface area contributed by atoms with Crippen LogP contribution in [-0.4, -0.2) is 12.4 Å². The molecule has 1 aliphatic heterocycles. The van der Waals surface area contributed by atoms with Crippen LogP contribution in [0.25, 0.3) is 0 Å². The molecule has 114 valence electrons. The van der Waals surface area contributed by atoms with Gasteiger partial charge in [-0.15, -0.1) is 0 Å². The van der Waals surface area contributed by atoms with Gasteiger partial charge >= 0.3 is 0 Å². The van der Waals surface area contributed by atoms with Crippen LogP contribution in [0.1, 0.15) is 67.8 Å². The molecule has 0 spiro atoms. The summed E-state index contributed by atoms with van der Waals surface area (Å²) >= 11 is 0. The number of ketones is 1. The third kappa shape index (κ3) is 3.14. The molecule has 0 bridgehead atoms. The zero-order valence-electron chi connectivity index (χ0n) is 13.1. The molecule has 0 unspecified atom stereocenters. The Kier molecular flexibility index (Phi) is 4.62. The monoisotopic (exact) mass is 286 g/mol. The fourth-order valence-corrected chi connectivity index (χ4v) is 3.92. The topological polar surface area (TPSA) is 26.3 Å². The summed E-state index contributed by atoms with van der Waals surface area (Å²) in [6.07, 6.45) is 9.27. The van der Waals surface area contributed by atoms with Crippen molar-refractivity contribution in [3.8, 4) is 5.75 Å². The quantitative estimate of drug-likeness (QED) is 0.743. The number of ether oxygens (including phenoxy) is 1. The van der Waals surface area contributed by atoms with Gasteiger partial charge in [0.2, 0.25) is 0 Å². The van der Waals surface area contributed by atoms with Crippen LogP contribution in [0.3, 0.4) is 0 Å². The number of rotatable bonds is 4. The Morgan fingerprint density at radius 2 is 2.05 bits per heavy atom. The van der Waals surface area contributed by atoms with E-state index in [-0.39, 0.29) is 5.92 Å². The second kappa shape index (κ2) is 6.64. The average Bonchev–Trinajstić information content (AvgIpc) is 2.55. The average molecular weight is 286 g/mol. The lowest BCUT2D eigenvalue weighted by atomic mass is 9.77. The smallest absolute Gasteiger partial charge is 0.169 e. The van der Waals surface area contributed by atoms with E-state index in [1.807, 2.05) is 12.1 Å². The van der Waals surface area contributed by atoms with Gasteiger partial charge < -0.3 is 4.74 Å². The minimum Gasteiger partial charge on any atom is -0.493 e. The maximum Gasteiger partial charge on any atom is 0.169 e. The number of carbonyl (C=O) groups is 1. The molecule has 1 aromatic rings. The number of Topliss-reactive ketones (excluding diaryl/α,β-unsaturated/α-hetero) is 1. The Balaban J connectivity index is 1.72. The zero-order valence-corrected chi connectivity index (χ0v) is 13.1. The maximum absolute atomic E-state index is 12.9. The van der Waals surface area contributed by atoms with Crippen molar-refractivity contribution in [2.75, 3.05) is 6.61 Å². The summed E-state index contributed by atoms with van der Waals surface area (Å²) in [6.45, 7) is 3.01. The lowest BCUT2D eigenvalue weighted by Crippen LogP contribution is -2.23. The summed E-state index contributed by atoms with van der Waals surface area (Å²) in [6, 6.07) is 6.08. The first-order valence-corrected chi connectivity index (χ1v) is 8.58. The van der Waals surface area contributed by atoms with E-state index in [0.717, 1.165) is 49.5 Å². The highest BCUT2D eigenvalue weighted by Crippen LogP contribution is 2.36. The van der Waals surface area contributed by atoms with E-state index in [1.54, 1.807) is 0 Å². The van der Waals surface area contributed by atoms with E-state index in [2.05, 4.69) is 13.0 Å². The molecule has 3 rings (SSSR count). The predicted molar refractivity (Wildman–Crippen MR) is 84.9 cm³/mol. The Labute approximate surface area is 127 Å². The number of aryl methyl sites for hydroxylation is 1. The summed E-state index contributed by atoms with van der Waals surface area (Å²) in [5, 5.41) is 0. The van der Waals surface area contributed by atoms with Gasteiger partial charge in [0.05, 0.1) is 12.2 Å². The summed E-state index contributed by atoms with van der Waals surface area (Å²) in [7, 11) is 0. The Morgan fingerprint density at radius 1 is 1.24 bits per heavy atom. The van der Waals surface area contributed by atoms with Gasteiger partial charge in [-0.1, -0.05) is 31.9 Å². The van der Waals surface area contributed by atoms with Gasteiger partial charge in [-0.3, -0.25) is 4.79 Å². The molecule has 1 saturated carbocycles. The van der Waals surface area contributed by atoms with E-state index >= 15 is 0 Å². The predicted octanol–water partition coefficient (Wildman–Crippen LogP) is 4.80. The van der Waals surface area contributed by atoms with E-state index < -0.39 is 0 Å². The fourth-order valence-electron chi connectivity index (χ4n) is 3.92. The van der Waals surface area contributed by atoms with Crippen molar-refractivity contribution in [2.45, 2.75) is 58.3 Å². The summed E-state index contributed by atoms with van der Waals surface area (Å²) < 4.78 is 5.81. The first kappa shape index (κ1) is 14.6. The molecule has 0 radical (unpaired) electrons. The van der Waals surface area contributed by atoms with Crippen LogP contribution >= 0.6 is 0 Å². The van der Waals surface area contributed by atoms with E-state index in [1.165, 1.54) is 31.2 Å². The van der Waals surface area contributed by atoms with Crippen LogP contribution in [0.15, 0.2) is 18.2 Å². The molecule has 0 saturated heterocycles. The third-order valence-corrected chi connectivity index (χ3v) is 5.11. The van der Waals surface area contributed by atoms with Crippen LogP contribution in [0.5, 0.6) is 5.75 Å².